The zero-order valence-electron chi connectivity index (χ0n) is 7.87. The zero-order chi connectivity index (χ0) is 10.9. The first-order valence-electron chi connectivity index (χ1n) is 4.21. The molecule has 0 aromatic carbocycles. The molecule has 4 heteroatoms. The van der Waals surface area contributed by atoms with Crippen molar-refractivity contribution in [3.63, 3.8) is 0 Å². The Kier molecular flexibility index (Phi) is 3.00. The molecule has 0 spiro atoms. The number of nitrogens with zero attached hydrogens (tertiary/aromatic N) is 1. The SMILES string of the molecule is CC[C]1C(C#N)=C(F)C(F)=C(C)C1F. The highest BCUT2D eigenvalue weighted by Crippen LogP contribution is 2.40. The van der Waals surface area contributed by atoms with E-state index in [0.29, 0.717) is 0 Å². The maximum absolute atomic E-state index is 13.4. The van der Waals surface area contributed by atoms with Gasteiger partial charge in [0.1, 0.15) is 6.17 Å². The van der Waals surface area contributed by atoms with Crippen LogP contribution >= 0.6 is 0 Å². The predicted octanol–water partition coefficient (Wildman–Crippen LogP) is 3.31. The fourth-order valence-electron chi connectivity index (χ4n) is 1.40. The van der Waals surface area contributed by atoms with Gasteiger partial charge in [0.25, 0.3) is 0 Å². The molecule has 1 rings (SSSR count). The van der Waals surface area contributed by atoms with Crippen LogP contribution in [0.15, 0.2) is 22.8 Å². The molecule has 0 saturated heterocycles. The number of rotatable bonds is 1. The van der Waals surface area contributed by atoms with Crippen LogP contribution in [0.2, 0.25) is 0 Å². The average molecular weight is 200 g/mol. The van der Waals surface area contributed by atoms with Crippen molar-refractivity contribution in [1.29, 1.82) is 5.26 Å². The first-order valence-corrected chi connectivity index (χ1v) is 4.21. The van der Waals surface area contributed by atoms with Crippen molar-refractivity contribution in [3.8, 4) is 6.07 Å². The van der Waals surface area contributed by atoms with E-state index in [4.69, 9.17) is 5.26 Å². The van der Waals surface area contributed by atoms with Crippen molar-refractivity contribution >= 4 is 0 Å². The first-order chi connectivity index (χ1) is 6.54. The molecule has 0 amide bonds. The molecule has 0 N–H and O–H groups in total. The van der Waals surface area contributed by atoms with Gasteiger partial charge < -0.3 is 0 Å². The molecule has 0 aromatic rings. The standard InChI is InChI=1S/C10H9F3N/c1-3-6-7(4-14)10(13)9(12)5(2)8(6)11/h8H,3H2,1-2H3. The Labute approximate surface area is 80.5 Å². The molecule has 1 unspecified atom stereocenters. The van der Waals surface area contributed by atoms with Crippen LogP contribution in [-0.2, 0) is 0 Å². The largest absolute Gasteiger partial charge is 0.241 e. The van der Waals surface area contributed by atoms with Crippen molar-refractivity contribution in [3.05, 3.63) is 28.7 Å². The van der Waals surface area contributed by atoms with Crippen molar-refractivity contribution < 1.29 is 13.2 Å². The van der Waals surface area contributed by atoms with E-state index in [1.165, 1.54) is 13.0 Å². The molecule has 0 saturated carbocycles. The predicted molar refractivity (Wildman–Crippen MR) is 46.0 cm³/mol. The lowest BCUT2D eigenvalue weighted by Crippen LogP contribution is -2.22. The van der Waals surface area contributed by atoms with E-state index in [-0.39, 0.29) is 17.9 Å². The number of nitriles is 1. The highest BCUT2D eigenvalue weighted by atomic mass is 19.2. The van der Waals surface area contributed by atoms with Gasteiger partial charge in [0.2, 0.25) is 0 Å². The van der Waals surface area contributed by atoms with E-state index in [9.17, 15) is 13.2 Å². The molecule has 1 aliphatic carbocycles. The second-order valence-electron chi connectivity index (χ2n) is 3.04. The monoisotopic (exact) mass is 200 g/mol. The lowest BCUT2D eigenvalue weighted by atomic mass is 9.83. The molecule has 1 nitrogen and oxygen atoms in total. The summed E-state index contributed by atoms with van der Waals surface area (Å²) in [5.74, 6) is -2.47. The summed E-state index contributed by atoms with van der Waals surface area (Å²) in [6, 6.07) is 1.49. The fraction of sp³-hybridized carbons (Fsp3) is 0.400. The van der Waals surface area contributed by atoms with Gasteiger partial charge in [-0.25, -0.2) is 13.2 Å². The van der Waals surface area contributed by atoms with Crippen LogP contribution in [0.25, 0.3) is 0 Å². The smallest absolute Gasteiger partial charge is 0.173 e. The van der Waals surface area contributed by atoms with Crippen LogP contribution in [0.4, 0.5) is 13.2 Å². The summed E-state index contributed by atoms with van der Waals surface area (Å²) in [6.07, 6.45) is -1.48. The number of halogens is 3. The number of hydrogen-bond donors (Lipinski definition) is 0. The van der Waals surface area contributed by atoms with E-state index in [2.05, 4.69) is 0 Å². The Bertz CT molecular complexity index is 349. The minimum atomic E-state index is -1.67. The van der Waals surface area contributed by atoms with E-state index in [1.807, 2.05) is 0 Å². The minimum Gasteiger partial charge on any atom is -0.241 e. The lowest BCUT2D eigenvalue weighted by Gasteiger charge is -2.23. The second kappa shape index (κ2) is 3.87. The third kappa shape index (κ3) is 1.43. The van der Waals surface area contributed by atoms with Gasteiger partial charge in [0, 0.05) is 5.57 Å². The maximum atomic E-state index is 13.4. The average Bonchev–Trinajstić information content (AvgIpc) is 2.20. The van der Waals surface area contributed by atoms with Crippen molar-refractivity contribution in [1.82, 2.24) is 0 Å². The molecule has 1 atom stereocenters. The highest BCUT2D eigenvalue weighted by Gasteiger charge is 2.36. The van der Waals surface area contributed by atoms with Gasteiger partial charge in [-0.1, -0.05) is 6.92 Å². The summed E-state index contributed by atoms with van der Waals surface area (Å²) in [5.41, 5.74) is -0.790. The van der Waals surface area contributed by atoms with E-state index in [0.717, 1.165) is 0 Å². The van der Waals surface area contributed by atoms with Crippen molar-refractivity contribution in [2.24, 2.45) is 0 Å². The number of hydrogen-bond acceptors (Lipinski definition) is 1. The van der Waals surface area contributed by atoms with Crippen LogP contribution < -0.4 is 0 Å². The number of alkyl halides is 1. The van der Waals surface area contributed by atoms with E-state index < -0.39 is 23.4 Å². The molecule has 75 valence electrons. The third-order valence-corrected chi connectivity index (χ3v) is 2.26. The molecule has 0 fully saturated rings. The molecule has 0 heterocycles. The topological polar surface area (TPSA) is 23.8 Å². The van der Waals surface area contributed by atoms with Crippen LogP contribution in [-0.4, -0.2) is 6.17 Å². The lowest BCUT2D eigenvalue weighted by molar-refractivity contribution is 0.365. The van der Waals surface area contributed by atoms with Crippen molar-refractivity contribution in [2.45, 2.75) is 26.4 Å². The van der Waals surface area contributed by atoms with E-state index in [1.54, 1.807) is 6.92 Å². The van der Waals surface area contributed by atoms with Gasteiger partial charge in [-0.3, -0.25) is 0 Å². The van der Waals surface area contributed by atoms with E-state index >= 15 is 0 Å². The van der Waals surface area contributed by atoms with Crippen LogP contribution in [0.3, 0.4) is 0 Å². The number of allylic oxidation sites excluding steroid dienone is 4. The molecule has 14 heavy (non-hydrogen) atoms. The summed E-state index contributed by atoms with van der Waals surface area (Å²) >= 11 is 0. The van der Waals surface area contributed by atoms with Gasteiger partial charge in [-0.15, -0.1) is 0 Å². The molecular formula is C10H9F3N. The Morgan fingerprint density at radius 1 is 1.36 bits per heavy atom. The summed E-state index contributed by atoms with van der Waals surface area (Å²) < 4.78 is 39.6. The molecule has 0 aliphatic heterocycles. The van der Waals surface area contributed by atoms with Crippen LogP contribution in [0.5, 0.6) is 0 Å². The molecule has 0 bridgehead atoms. The maximum Gasteiger partial charge on any atom is 0.173 e. The minimum absolute atomic E-state index is 0.0175. The van der Waals surface area contributed by atoms with Gasteiger partial charge in [0.15, 0.2) is 11.7 Å². The van der Waals surface area contributed by atoms with Gasteiger partial charge in [0.05, 0.1) is 17.6 Å². The highest BCUT2D eigenvalue weighted by molar-refractivity contribution is 5.53. The van der Waals surface area contributed by atoms with Crippen molar-refractivity contribution in [2.75, 3.05) is 0 Å². The van der Waals surface area contributed by atoms with Gasteiger partial charge in [-0.2, -0.15) is 5.26 Å². The first kappa shape index (κ1) is 10.8. The summed E-state index contributed by atoms with van der Waals surface area (Å²) in [7, 11) is 0. The normalized spacial score (nSPS) is 24.1. The summed E-state index contributed by atoms with van der Waals surface area (Å²) in [6.45, 7) is 2.78. The Morgan fingerprint density at radius 2 is 1.93 bits per heavy atom. The molecule has 0 aromatic heterocycles. The third-order valence-electron chi connectivity index (χ3n) is 2.26. The molecule has 1 radical (unpaired) electrons. The zero-order valence-corrected chi connectivity index (χ0v) is 7.87. The van der Waals surface area contributed by atoms with Gasteiger partial charge in [-0.05, 0) is 13.3 Å². The molecular weight excluding hydrogens is 191 g/mol. The Hall–Kier alpha value is -1.24. The molecule has 1 aliphatic rings. The Balaban J connectivity index is 3.28. The summed E-state index contributed by atoms with van der Waals surface area (Å²) in [4.78, 5) is 0. The Morgan fingerprint density at radius 3 is 2.36 bits per heavy atom. The van der Waals surface area contributed by atoms with Crippen LogP contribution in [0.1, 0.15) is 20.3 Å². The van der Waals surface area contributed by atoms with Gasteiger partial charge >= 0.3 is 0 Å². The van der Waals surface area contributed by atoms with Crippen LogP contribution in [0, 0.1) is 17.2 Å². The quantitative estimate of drug-likeness (QED) is 0.637. The second-order valence-corrected chi connectivity index (χ2v) is 3.04. The summed E-state index contributed by atoms with van der Waals surface area (Å²) in [5, 5.41) is 8.56. The fourth-order valence-corrected chi connectivity index (χ4v) is 1.40.